The highest BCUT2D eigenvalue weighted by Crippen LogP contribution is 2.25. The molecule has 112 valence electrons. The van der Waals surface area contributed by atoms with Crippen LogP contribution in [0.3, 0.4) is 0 Å². The Balaban J connectivity index is 2.13. The van der Waals surface area contributed by atoms with Crippen molar-refractivity contribution in [2.24, 2.45) is 5.73 Å². The molecule has 3 atom stereocenters. The van der Waals surface area contributed by atoms with Crippen molar-refractivity contribution in [1.29, 1.82) is 0 Å². The van der Waals surface area contributed by atoms with Gasteiger partial charge in [0.1, 0.15) is 5.82 Å². The molecule has 20 heavy (non-hydrogen) atoms. The average molecular weight is 344 g/mol. The van der Waals surface area contributed by atoms with E-state index in [9.17, 15) is 4.39 Å². The molecule has 3 unspecified atom stereocenters. The third-order valence-electron chi connectivity index (χ3n) is 4.08. The molecule has 2 rings (SSSR count). The molecule has 1 aliphatic heterocycles. The Labute approximate surface area is 128 Å². The van der Waals surface area contributed by atoms with Crippen molar-refractivity contribution in [2.45, 2.75) is 51.2 Å². The van der Waals surface area contributed by atoms with E-state index in [1.54, 1.807) is 12.1 Å². The lowest BCUT2D eigenvalue weighted by Crippen LogP contribution is -2.54. The minimum Gasteiger partial charge on any atom is -0.329 e. The van der Waals surface area contributed by atoms with Gasteiger partial charge < -0.3 is 5.73 Å². The Morgan fingerprint density at radius 1 is 1.40 bits per heavy atom. The number of nitrogens with zero attached hydrogens (tertiary/aromatic N) is 1. The van der Waals surface area contributed by atoms with Gasteiger partial charge in [-0.2, -0.15) is 0 Å². The van der Waals surface area contributed by atoms with Crippen molar-refractivity contribution in [2.75, 3.05) is 6.54 Å². The topological polar surface area (TPSA) is 41.3 Å². The summed E-state index contributed by atoms with van der Waals surface area (Å²) < 4.78 is 13.8. The second-order valence-corrected chi connectivity index (χ2v) is 6.48. The highest BCUT2D eigenvalue weighted by Gasteiger charge is 2.27. The van der Waals surface area contributed by atoms with E-state index in [-0.39, 0.29) is 11.9 Å². The van der Waals surface area contributed by atoms with Crippen molar-refractivity contribution in [1.82, 2.24) is 10.4 Å². The van der Waals surface area contributed by atoms with Gasteiger partial charge in [-0.05, 0) is 60.3 Å². The molecule has 0 radical (unpaired) electrons. The zero-order chi connectivity index (χ0) is 14.7. The lowest BCUT2D eigenvalue weighted by Gasteiger charge is -2.41. The third-order valence-corrected chi connectivity index (χ3v) is 4.69. The quantitative estimate of drug-likeness (QED) is 0.880. The molecule has 1 aliphatic rings. The zero-order valence-corrected chi connectivity index (χ0v) is 13.7. The van der Waals surface area contributed by atoms with E-state index in [4.69, 9.17) is 5.73 Å². The zero-order valence-electron chi connectivity index (χ0n) is 12.1. The molecule has 0 aliphatic carbocycles. The fourth-order valence-corrected chi connectivity index (χ4v) is 3.24. The van der Waals surface area contributed by atoms with Gasteiger partial charge in [0, 0.05) is 18.6 Å². The number of piperidine rings is 1. The summed E-state index contributed by atoms with van der Waals surface area (Å²) in [6.07, 6.45) is 3.67. The lowest BCUT2D eigenvalue weighted by atomic mass is 9.99. The van der Waals surface area contributed by atoms with Crippen LogP contribution in [0.4, 0.5) is 4.39 Å². The first-order valence-electron chi connectivity index (χ1n) is 7.22. The minimum absolute atomic E-state index is 0.00917. The fourth-order valence-electron chi connectivity index (χ4n) is 2.85. The van der Waals surface area contributed by atoms with Crippen molar-refractivity contribution in [3.8, 4) is 0 Å². The number of hydrogen-bond donors (Lipinski definition) is 2. The predicted octanol–water partition coefficient (Wildman–Crippen LogP) is 3.36. The predicted molar refractivity (Wildman–Crippen MR) is 83.6 cm³/mol. The minimum atomic E-state index is -0.246. The number of hydrogen-bond acceptors (Lipinski definition) is 3. The highest BCUT2D eigenvalue weighted by molar-refractivity contribution is 9.10. The molecule has 1 aromatic rings. The Bertz CT molecular complexity index is 445. The van der Waals surface area contributed by atoms with Gasteiger partial charge in [0.05, 0.1) is 10.5 Å². The summed E-state index contributed by atoms with van der Waals surface area (Å²) in [6, 6.07) is 6.08. The summed E-state index contributed by atoms with van der Waals surface area (Å²) in [5.41, 5.74) is 10.4. The molecule has 1 aromatic carbocycles. The number of rotatable bonds is 4. The van der Waals surface area contributed by atoms with Crippen LogP contribution in [0.2, 0.25) is 0 Å². The number of hydrazine groups is 1. The SMILES string of the molecule is CC1CCCC(C)N1NC(CN)c1ccc(F)c(Br)c1. The Morgan fingerprint density at radius 2 is 2.05 bits per heavy atom. The summed E-state index contributed by atoms with van der Waals surface area (Å²) in [5.74, 6) is -0.246. The molecule has 0 bridgehead atoms. The van der Waals surface area contributed by atoms with Crippen LogP contribution in [-0.4, -0.2) is 23.6 Å². The first-order valence-corrected chi connectivity index (χ1v) is 8.01. The third kappa shape index (κ3) is 3.58. The van der Waals surface area contributed by atoms with E-state index >= 15 is 0 Å². The summed E-state index contributed by atoms with van der Waals surface area (Å²) >= 11 is 3.24. The normalized spacial score (nSPS) is 25.6. The molecule has 1 saturated heterocycles. The molecular weight excluding hydrogens is 321 g/mol. The molecule has 5 heteroatoms. The van der Waals surface area contributed by atoms with E-state index in [0.29, 0.717) is 23.1 Å². The maximum absolute atomic E-state index is 13.3. The monoisotopic (exact) mass is 343 g/mol. The first kappa shape index (κ1) is 15.9. The van der Waals surface area contributed by atoms with E-state index in [1.165, 1.54) is 25.3 Å². The second-order valence-electron chi connectivity index (χ2n) is 5.63. The molecule has 0 saturated carbocycles. The van der Waals surface area contributed by atoms with Crippen molar-refractivity contribution >= 4 is 15.9 Å². The lowest BCUT2D eigenvalue weighted by molar-refractivity contribution is 0.0304. The van der Waals surface area contributed by atoms with Crippen molar-refractivity contribution < 1.29 is 4.39 Å². The van der Waals surface area contributed by atoms with E-state index in [0.717, 1.165) is 5.56 Å². The summed E-state index contributed by atoms with van der Waals surface area (Å²) in [4.78, 5) is 0. The Kier molecular flexibility index (Phi) is 5.55. The molecule has 0 spiro atoms. The van der Waals surface area contributed by atoms with Crippen molar-refractivity contribution in [3.63, 3.8) is 0 Å². The van der Waals surface area contributed by atoms with Crippen LogP contribution in [0.1, 0.15) is 44.7 Å². The Morgan fingerprint density at radius 3 is 2.60 bits per heavy atom. The number of benzene rings is 1. The van der Waals surface area contributed by atoms with E-state index in [2.05, 4.69) is 40.2 Å². The van der Waals surface area contributed by atoms with Gasteiger partial charge in [-0.15, -0.1) is 0 Å². The van der Waals surface area contributed by atoms with Crippen LogP contribution in [-0.2, 0) is 0 Å². The van der Waals surface area contributed by atoms with Gasteiger partial charge in [0.2, 0.25) is 0 Å². The van der Waals surface area contributed by atoms with Gasteiger partial charge in [0.15, 0.2) is 0 Å². The van der Waals surface area contributed by atoms with Crippen LogP contribution < -0.4 is 11.2 Å². The van der Waals surface area contributed by atoms with Gasteiger partial charge in [0.25, 0.3) is 0 Å². The number of nitrogens with two attached hydrogens (primary N) is 1. The Hall–Kier alpha value is -0.490. The van der Waals surface area contributed by atoms with Crippen LogP contribution in [0.15, 0.2) is 22.7 Å². The molecule has 1 heterocycles. The largest absolute Gasteiger partial charge is 0.329 e. The van der Waals surface area contributed by atoms with Gasteiger partial charge in [-0.3, -0.25) is 0 Å². The van der Waals surface area contributed by atoms with Gasteiger partial charge in [-0.1, -0.05) is 12.5 Å². The summed E-state index contributed by atoms with van der Waals surface area (Å²) in [5, 5.41) is 2.30. The van der Waals surface area contributed by atoms with Crippen LogP contribution in [0, 0.1) is 5.82 Å². The van der Waals surface area contributed by atoms with Crippen LogP contribution in [0.5, 0.6) is 0 Å². The van der Waals surface area contributed by atoms with E-state index in [1.807, 2.05) is 0 Å². The smallest absolute Gasteiger partial charge is 0.137 e. The molecule has 1 fully saturated rings. The average Bonchev–Trinajstić information content (AvgIpc) is 2.42. The maximum atomic E-state index is 13.3. The maximum Gasteiger partial charge on any atom is 0.137 e. The molecular formula is C15H23BrFN3. The second kappa shape index (κ2) is 6.98. The fraction of sp³-hybridized carbons (Fsp3) is 0.600. The molecule has 0 amide bonds. The number of halogens is 2. The summed E-state index contributed by atoms with van der Waals surface area (Å²) in [6.45, 7) is 4.95. The first-order chi connectivity index (χ1) is 9.52. The van der Waals surface area contributed by atoms with E-state index < -0.39 is 0 Å². The van der Waals surface area contributed by atoms with Gasteiger partial charge >= 0.3 is 0 Å². The van der Waals surface area contributed by atoms with Crippen LogP contribution >= 0.6 is 15.9 Å². The summed E-state index contributed by atoms with van der Waals surface area (Å²) in [7, 11) is 0. The highest BCUT2D eigenvalue weighted by atomic mass is 79.9. The molecule has 3 nitrogen and oxygen atoms in total. The molecule has 3 N–H and O–H groups in total. The van der Waals surface area contributed by atoms with Crippen molar-refractivity contribution in [3.05, 3.63) is 34.1 Å². The van der Waals surface area contributed by atoms with Crippen LogP contribution in [0.25, 0.3) is 0 Å². The number of nitrogens with one attached hydrogen (secondary N) is 1. The molecule has 0 aromatic heterocycles. The van der Waals surface area contributed by atoms with Gasteiger partial charge in [-0.25, -0.2) is 14.8 Å². The standard InChI is InChI=1S/C15H23BrFN3/c1-10-4-3-5-11(2)20(10)19-15(9-18)12-6-7-14(17)13(16)8-12/h6-8,10-11,15,19H,3-5,9,18H2,1-2H3.